The Labute approximate surface area is 89.1 Å². The Morgan fingerprint density at radius 3 is 3.07 bits per heavy atom. The van der Waals surface area contributed by atoms with Gasteiger partial charge in [-0.2, -0.15) is 16.9 Å². The molecule has 1 aliphatic heterocycles. The number of aromatic nitrogens is 2. The molecule has 0 radical (unpaired) electrons. The Hall–Kier alpha value is -0.480. The average molecular weight is 211 g/mol. The zero-order valence-electron chi connectivity index (χ0n) is 8.57. The van der Waals surface area contributed by atoms with Gasteiger partial charge in [0.05, 0.1) is 5.69 Å². The van der Waals surface area contributed by atoms with E-state index in [2.05, 4.69) is 11.2 Å². The highest BCUT2D eigenvalue weighted by atomic mass is 32.2. The summed E-state index contributed by atoms with van der Waals surface area (Å²) in [6.45, 7) is 0.772. The quantitative estimate of drug-likeness (QED) is 0.816. The van der Waals surface area contributed by atoms with Crippen LogP contribution in [0.5, 0.6) is 0 Å². The molecule has 3 nitrogen and oxygen atoms in total. The molecule has 0 bridgehead atoms. The molecule has 0 aromatic carbocycles. The van der Waals surface area contributed by atoms with E-state index < -0.39 is 0 Å². The molecule has 1 atom stereocenters. The molecule has 1 saturated heterocycles. The van der Waals surface area contributed by atoms with Crippen molar-refractivity contribution in [2.45, 2.75) is 24.0 Å². The molecule has 0 aliphatic carbocycles. The molecule has 0 amide bonds. The van der Waals surface area contributed by atoms with Gasteiger partial charge in [0.2, 0.25) is 0 Å². The van der Waals surface area contributed by atoms with Crippen LogP contribution in [0, 0.1) is 0 Å². The van der Waals surface area contributed by atoms with Gasteiger partial charge in [0.15, 0.2) is 0 Å². The van der Waals surface area contributed by atoms with E-state index in [1.54, 1.807) is 0 Å². The van der Waals surface area contributed by atoms with Gasteiger partial charge in [0.25, 0.3) is 0 Å². The number of aryl methyl sites for hydroxylation is 1. The molecule has 4 heteroatoms. The number of rotatable bonds is 3. The van der Waals surface area contributed by atoms with Crippen LogP contribution in [0.15, 0.2) is 12.3 Å². The number of thioether (sulfide) groups is 1. The predicted octanol–water partition coefficient (Wildman–Crippen LogP) is 1.19. The van der Waals surface area contributed by atoms with Crippen LogP contribution < -0.4 is 5.73 Å². The van der Waals surface area contributed by atoms with E-state index in [1.807, 2.05) is 29.7 Å². The van der Waals surface area contributed by atoms with Crippen molar-refractivity contribution in [2.24, 2.45) is 12.8 Å². The summed E-state index contributed by atoms with van der Waals surface area (Å²) in [7, 11) is 1.96. The van der Waals surface area contributed by atoms with E-state index in [1.165, 1.54) is 24.3 Å². The van der Waals surface area contributed by atoms with Crippen LogP contribution >= 0.6 is 11.8 Å². The predicted molar refractivity (Wildman–Crippen MR) is 60.4 cm³/mol. The Balaban J connectivity index is 2.08. The zero-order chi connectivity index (χ0) is 10.0. The Kier molecular flexibility index (Phi) is 2.83. The van der Waals surface area contributed by atoms with Crippen LogP contribution in [-0.4, -0.2) is 26.8 Å². The van der Waals surface area contributed by atoms with Gasteiger partial charge >= 0.3 is 0 Å². The first-order valence-electron chi connectivity index (χ1n) is 5.07. The highest BCUT2D eigenvalue weighted by Crippen LogP contribution is 2.39. The molecule has 78 valence electrons. The first-order chi connectivity index (χ1) is 6.74. The molecule has 2 N–H and O–H groups in total. The molecule has 1 aromatic rings. The van der Waals surface area contributed by atoms with Gasteiger partial charge in [0, 0.05) is 31.0 Å². The first kappa shape index (κ1) is 10.1. The fraction of sp³-hybridized carbons (Fsp3) is 0.700. The third kappa shape index (κ3) is 1.96. The lowest BCUT2D eigenvalue weighted by Crippen LogP contribution is -2.34. The summed E-state index contributed by atoms with van der Waals surface area (Å²) in [5.74, 6) is 1.25. The minimum atomic E-state index is 0.272. The number of nitrogens with zero attached hydrogens (tertiary/aromatic N) is 2. The summed E-state index contributed by atoms with van der Waals surface area (Å²) >= 11 is 2.02. The minimum absolute atomic E-state index is 0.272. The van der Waals surface area contributed by atoms with Gasteiger partial charge in [-0.3, -0.25) is 4.68 Å². The van der Waals surface area contributed by atoms with Crippen molar-refractivity contribution in [3.05, 3.63) is 18.0 Å². The van der Waals surface area contributed by atoms with Gasteiger partial charge in [-0.1, -0.05) is 0 Å². The number of hydrogen-bond acceptors (Lipinski definition) is 3. The van der Waals surface area contributed by atoms with Crippen molar-refractivity contribution in [1.29, 1.82) is 0 Å². The van der Waals surface area contributed by atoms with Gasteiger partial charge in [-0.25, -0.2) is 0 Å². The Bertz CT molecular complexity index is 302. The lowest BCUT2D eigenvalue weighted by molar-refractivity contribution is 0.553. The monoisotopic (exact) mass is 211 g/mol. The average Bonchev–Trinajstić information content (AvgIpc) is 2.77. The van der Waals surface area contributed by atoms with Gasteiger partial charge in [-0.15, -0.1) is 0 Å². The lowest BCUT2D eigenvalue weighted by Gasteiger charge is -2.24. The first-order valence-corrected chi connectivity index (χ1v) is 6.05. The molecular weight excluding hydrogens is 194 g/mol. The maximum absolute atomic E-state index is 5.87. The van der Waals surface area contributed by atoms with E-state index in [9.17, 15) is 0 Å². The summed E-state index contributed by atoms with van der Waals surface area (Å²) in [6, 6.07) is 2.09. The molecule has 0 saturated carbocycles. The summed E-state index contributed by atoms with van der Waals surface area (Å²) < 4.78 is 2.13. The maximum Gasteiger partial charge on any atom is 0.0638 e. The van der Waals surface area contributed by atoms with Crippen LogP contribution in [-0.2, 0) is 13.5 Å². The normalized spacial score (nSPS) is 27.0. The van der Waals surface area contributed by atoms with Gasteiger partial charge in [-0.05, 0) is 24.7 Å². The third-order valence-corrected chi connectivity index (χ3v) is 4.45. The van der Waals surface area contributed by atoms with E-state index >= 15 is 0 Å². The lowest BCUT2D eigenvalue weighted by atomic mass is 9.97. The van der Waals surface area contributed by atoms with Crippen LogP contribution in [0.4, 0.5) is 0 Å². The highest BCUT2D eigenvalue weighted by Gasteiger charge is 2.33. The molecular formula is C10H17N3S. The standard InChI is InChI=1S/C10H17N3S/c1-13-5-3-9(12-13)7-10(8-11)4-2-6-14-10/h3,5H,2,4,6-8,11H2,1H3. The zero-order valence-corrected chi connectivity index (χ0v) is 9.39. The third-order valence-electron chi connectivity index (χ3n) is 2.83. The second-order valence-electron chi connectivity index (χ2n) is 4.00. The largest absolute Gasteiger partial charge is 0.329 e. The summed E-state index contributed by atoms with van der Waals surface area (Å²) in [6.07, 6.45) is 5.56. The van der Waals surface area contributed by atoms with Crippen LogP contribution in [0.1, 0.15) is 18.5 Å². The van der Waals surface area contributed by atoms with Crippen LogP contribution in [0.25, 0.3) is 0 Å². The van der Waals surface area contributed by atoms with E-state index in [0.717, 1.165) is 13.0 Å². The van der Waals surface area contributed by atoms with E-state index in [-0.39, 0.29) is 4.75 Å². The van der Waals surface area contributed by atoms with Crippen molar-refractivity contribution in [3.8, 4) is 0 Å². The Morgan fingerprint density at radius 2 is 2.57 bits per heavy atom. The molecule has 14 heavy (non-hydrogen) atoms. The van der Waals surface area contributed by atoms with Gasteiger partial charge < -0.3 is 5.73 Å². The number of hydrogen-bond donors (Lipinski definition) is 1. The van der Waals surface area contributed by atoms with Crippen molar-refractivity contribution < 1.29 is 0 Å². The fourth-order valence-electron chi connectivity index (χ4n) is 2.02. The number of nitrogens with two attached hydrogens (primary N) is 1. The van der Waals surface area contributed by atoms with E-state index in [0.29, 0.717) is 0 Å². The SMILES string of the molecule is Cn1ccc(CC2(CN)CCCS2)n1. The van der Waals surface area contributed by atoms with Crippen molar-refractivity contribution in [2.75, 3.05) is 12.3 Å². The molecule has 1 fully saturated rings. The molecule has 1 aliphatic rings. The highest BCUT2D eigenvalue weighted by molar-refractivity contribution is 8.00. The van der Waals surface area contributed by atoms with E-state index in [4.69, 9.17) is 5.73 Å². The second kappa shape index (κ2) is 3.95. The van der Waals surface area contributed by atoms with Crippen molar-refractivity contribution in [3.63, 3.8) is 0 Å². The summed E-state index contributed by atoms with van der Waals surface area (Å²) in [5.41, 5.74) is 7.04. The van der Waals surface area contributed by atoms with Crippen LogP contribution in [0.2, 0.25) is 0 Å². The summed E-state index contributed by atoms with van der Waals surface area (Å²) in [4.78, 5) is 0. The maximum atomic E-state index is 5.87. The van der Waals surface area contributed by atoms with Crippen LogP contribution in [0.3, 0.4) is 0 Å². The Morgan fingerprint density at radius 1 is 1.71 bits per heavy atom. The molecule has 1 aromatic heterocycles. The van der Waals surface area contributed by atoms with Gasteiger partial charge in [0.1, 0.15) is 0 Å². The summed E-state index contributed by atoms with van der Waals surface area (Å²) in [5, 5.41) is 4.41. The smallest absolute Gasteiger partial charge is 0.0638 e. The molecule has 2 rings (SSSR count). The van der Waals surface area contributed by atoms with Crippen molar-refractivity contribution in [1.82, 2.24) is 9.78 Å². The fourth-order valence-corrected chi connectivity index (χ4v) is 3.39. The molecule has 2 heterocycles. The second-order valence-corrected chi connectivity index (χ2v) is 5.56. The minimum Gasteiger partial charge on any atom is -0.329 e. The van der Waals surface area contributed by atoms with Crippen molar-refractivity contribution >= 4 is 11.8 Å². The molecule has 1 unspecified atom stereocenters. The topological polar surface area (TPSA) is 43.8 Å². The molecule has 0 spiro atoms.